The highest BCUT2D eigenvalue weighted by Crippen LogP contribution is 2.36. The number of likely N-dealkylation sites (tertiary alicyclic amines) is 1. The van der Waals surface area contributed by atoms with Crippen molar-refractivity contribution in [3.05, 3.63) is 16.6 Å². The van der Waals surface area contributed by atoms with Gasteiger partial charge in [0.05, 0.1) is 17.2 Å². The average molecular weight is 239 g/mol. The summed E-state index contributed by atoms with van der Waals surface area (Å²) in [6.07, 6.45) is 2.52. The van der Waals surface area contributed by atoms with Crippen LogP contribution in [0.2, 0.25) is 0 Å². The van der Waals surface area contributed by atoms with Crippen LogP contribution in [0, 0.1) is 5.92 Å². The summed E-state index contributed by atoms with van der Waals surface area (Å²) in [6, 6.07) is 0.540. The highest BCUT2D eigenvalue weighted by Gasteiger charge is 2.35. The Kier molecular flexibility index (Phi) is 4.32. The zero-order valence-electron chi connectivity index (χ0n) is 10.1. The fourth-order valence-electron chi connectivity index (χ4n) is 2.74. The van der Waals surface area contributed by atoms with Crippen molar-refractivity contribution in [1.82, 2.24) is 15.2 Å². The van der Waals surface area contributed by atoms with Crippen LogP contribution in [0.1, 0.15) is 31.5 Å². The molecule has 0 amide bonds. The Hall–Kier alpha value is -0.450. The van der Waals surface area contributed by atoms with Crippen LogP contribution in [0.4, 0.5) is 0 Å². The van der Waals surface area contributed by atoms with E-state index in [1.807, 2.05) is 12.6 Å². The van der Waals surface area contributed by atoms with Crippen molar-refractivity contribution >= 4 is 11.3 Å². The van der Waals surface area contributed by atoms with E-state index in [1.165, 1.54) is 31.6 Å². The van der Waals surface area contributed by atoms with Crippen molar-refractivity contribution in [2.24, 2.45) is 5.92 Å². The predicted molar refractivity (Wildman–Crippen MR) is 68.8 cm³/mol. The van der Waals surface area contributed by atoms with Crippen LogP contribution in [0.3, 0.4) is 0 Å². The van der Waals surface area contributed by atoms with Crippen LogP contribution in [-0.2, 0) is 0 Å². The first kappa shape index (κ1) is 12.0. The SMILES string of the molecule is CCCN1CCC(CNC)C1c1cscn1. The molecule has 1 fully saturated rings. The largest absolute Gasteiger partial charge is 0.319 e. The number of nitrogens with zero attached hydrogens (tertiary/aromatic N) is 2. The van der Waals surface area contributed by atoms with Gasteiger partial charge in [0, 0.05) is 5.38 Å². The minimum absolute atomic E-state index is 0.540. The van der Waals surface area contributed by atoms with E-state index in [0.29, 0.717) is 6.04 Å². The Morgan fingerprint density at radius 3 is 3.12 bits per heavy atom. The van der Waals surface area contributed by atoms with Gasteiger partial charge in [0.2, 0.25) is 0 Å². The van der Waals surface area contributed by atoms with Crippen LogP contribution in [-0.4, -0.2) is 36.6 Å². The molecule has 1 aromatic heterocycles. The van der Waals surface area contributed by atoms with Gasteiger partial charge in [-0.25, -0.2) is 4.98 Å². The summed E-state index contributed by atoms with van der Waals surface area (Å²) < 4.78 is 0. The van der Waals surface area contributed by atoms with Gasteiger partial charge in [-0.15, -0.1) is 11.3 Å². The summed E-state index contributed by atoms with van der Waals surface area (Å²) in [5, 5.41) is 5.52. The quantitative estimate of drug-likeness (QED) is 0.853. The molecular weight excluding hydrogens is 218 g/mol. The molecule has 1 N–H and O–H groups in total. The van der Waals surface area contributed by atoms with E-state index < -0.39 is 0 Å². The van der Waals surface area contributed by atoms with Gasteiger partial charge in [0.1, 0.15) is 0 Å². The highest BCUT2D eigenvalue weighted by molar-refractivity contribution is 7.07. The number of thiazole rings is 1. The zero-order chi connectivity index (χ0) is 11.4. The van der Waals surface area contributed by atoms with E-state index in [9.17, 15) is 0 Å². The monoisotopic (exact) mass is 239 g/mol. The molecule has 16 heavy (non-hydrogen) atoms. The van der Waals surface area contributed by atoms with E-state index >= 15 is 0 Å². The lowest BCUT2D eigenvalue weighted by Gasteiger charge is -2.26. The number of hydrogen-bond donors (Lipinski definition) is 1. The van der Waals surface area contributed by atoms with Gasteiger partial charge in [-0.3, -0.25) is 4.90 Å². The van der Waals surface area contributed by atoms with E-state index in [4.69, 9.17) is 0 Å². The first-order valence-electron chi connectivity index (χ1n) is 6.13. The van der Waals surface area contributed by atoms with Gasteiger partial charge in [-0.05, 0) is 45.4 Å². The maximum absolute atomic E-state index is 4.51. The van der Waals surface area contributed by atoms with Crippen molar-refractivity contribution in [1.29, 1.82) is 0 Å². The van der Waals surface area contributed by atoms with Crippen molar-refractivity contribution < 1.29 is 0 Å². The fourth-order valence-corrected chi connectivity index (χ4v) is 3.32. The topological polar surface area (TPSA) is 28.2 Å². The summed E-state index contributed by atoms with van der Waals surface area (Å²) in [5.41, 5.74) is 3.23. The lowest BCUT2D eigenvalue weighted by Crippen LogP contribution is -2.30. The van der Waals surface area contributed by atoms with Gasteiger partial charge >= 0.3 is 0 Å². The Labute approximate surface area is 102 Å². The molecule has 1 saturated heterocycles. The maximum Gasteiger partial charge on any atom is 0.0795 e. The fraction of sp³-hybridized carbons (Fsp3) is 0.750. The Morgan fingerprint density at radius 1 is 1.62 bits per heavy atom. The third-order valence-corrected chi connectivity index (χ3v) is 3.96. The van der Waals surface area contributed by atoms with Crippen LogP contribution in [0.15, 0.2) is 10.9 Å². The summed E-state index contributed by atoms with van der Waals surface area (Å²) in [4.78, 5) is 7.11. The number of rotatable bonds is 5. The molecule has 90 valence electrons. The van der Waals surface area contributed by atoms with Gasteiger partial charge in [-0.2, -0.15) is 0 Å². The molecule has 2 unspecified atom stereocenters. The standard InChI is InChI=1S/C12H21N3S/c1-3-5-15-6-4-10(7-13-2)12(15)11-8-16-9-14-11/h8-10,12-13H,3-7H2,1-2H3. The molecule has 1 aliphatic heterocycles. The normalized spacial score (nSPS) is 26.4. The summed E-state index contributed by atoms with van der Waals surface area (Å²) in [7, 11) is 2.04. The second kappa shape index (κ2) is 5.75. The molecule has 0 saturated carbocycles. The molecule has 0 aromatic carbocycles. The molecule has 2 heterocycles. The zero-order valence-corrected chi connectivity index (χ0v) is 11.0. The number of aromatic nitrogens is 1. The second-order valence-electron chi connectivity index (χ2n) is 4.50. The van der Waals surface area contributed by atoms with Crippen LogP contribution in [0.5, 0.6) is 0 Å². The molecule has 3 nitrogen and oxygen atoms in total. The molecule has 1 aromatic rings. The first-order valence-corrected chi connectivity index (χ1v) is 7.07. The molecule has 0 radical (unpaired) electrons. The third-order valence-electron chi connectivity index (χ3n) is 3.36. The maximum atomic E-state index is 4.51. The lowest BCUT2D eigenvalue weighted by molar-refractivity contribution is 0.223. The van der Waals surface area contributed by atoms with Crippen molar-refractivity contribution in [2.75, 3.05) is 26.7 Å². The number of hydrogen-bond acceptors (Lipinski definition) is 4. The molecule has 4 heteroatoms. The van der Waals surface area contributed by atoms with E-state index in [2.05, 4.69) is 27.5 Å². The molecular formula is C12H21N3S. The predicted octanol–water partition coefficient (Wildman–Crippen LogP) is 2.14. The van der Waals surface area contributed by atoms with E-state index in [1.54, 1.807) is 11.3 Å². The molecule has 0 aliphatic carbocycles. The van der Waals surface area contributed by atoms with Crippen LogP contribution in [0.25, 0.3) is 0 Å². The van der Waals surface area contributed by atoms with E-state index in [-0.39, 0.29) is 0 Å². The lowest BCUT2D eigenvalue weighted by atomic mass is 9.98. The van der Waals surface area contributed by atoms with Gasteiger partial charge in [-0.1, -0.05) is 6.92 Å². The minimum Gasteiger partial charge on any atom is -0.319 e. The van der Waals surface area contributed by atoms with Gasteiger partial charge < -0.3 is 5.32 Å². The van der Waals surface area contributed by atoms with Crippen molar-refractivity contribution in [3.8, 4) is 0 Å². The van der Waals surface area contributed by atoms with Crippen molar-refractivity contribution in [2.45, 2.75) is 25.8 Å². The average Bonchev–Trinajstić information content (AvgIpc) is 2.88. The number of nitrogens with one attached hydrogen (secondary N) is 1. The molecule has 2 rings (SSSR count). The molecule has 2 atom stereocenters. The smallest absolute Gasteiger partial charge is 0.0795 e. The van der Waals surface area contributed by atoms with Crippen LogP contribution >= 0.6 is 11.3 Å². The first-order chi connectivity index (χ1) is 7.86. The van der Waals surface area contributed by atoms with Crippen molar-refractivity contribution in [3.63, 3.8) is 0 Å². The van der Waals surface area contributed by atoms with E-state index in [0.717, 1.165) is 12.5 Å². The Morgan fingerprint density at radius 2 is 2.50 bits per heavy atom. The van der Waals surface area contributed by atoms with Gasteiger partial charge in [0.25, 0.3) is 0 Å². The minimum atomic E-state index is 0.540. The summed E-state index contributed by atoms with van der Waals surface area (Å²) >= 11 is 1.71. The third kappa shape index (κ3) is 2.44. The Balaban J connectivity index is 2.12. The van der Waals surface area contributed by atoms with Crippen LogP contribution < -0.4 is 5.32 Å². The summed E-state index contributed by atoms with van der Waals surface area (Å²) in [5.74, 6) is 0.721. The molecule has 1 aliphatic rings. The molecule has 0 spiro atoms. The molecule has 0 bridgehead atoms. The van der Waals surface area contributed by atoms with Gasteiger partial charge in [0.15, 0.2) is 0 Å². The second-order valence-corrected chi connectivity index (χ2v) is 5.22. The summed E-state index contributed by atoms with van der Waals surface area (Å²) in [6.45, 7) is 5.77. The Bertz CT molecular complexity index is 285. The highest BCUT2D eigenvalue weighted by atomic mass is 32.1.